The summed E-state index contributed by atoms with van der Waals surface area (Å²) in [5, 5.41) is 12.5. The minimum atomic E-state index is -0.128. The lowest BCUT2D eigenvalue weighted by atomic mass is 9.72. The number of hydrogen-bond acceptors (Lipinski definition) is 5. The van der Waals surface area contributed by atoms with Crippen LogP contribution in [0, 0.1) is 35.5 Å². The Bertz CT molecular complexity index is 677. The van der Waals surface area contributed by atoms with Gasteiger partial charge in [-0.05, 0) is 64.2 Å². The quantitative estimate of drug-likeness (QED) is 0.519. The van der Waals surface area contributed by atoms with Gasteiger partial charge in [-0.15, -0.1) is 0 Å². The lowest BCUT2D eigenvalue weighted by Gasteiger charge is -2.45. The first-order valence-electron chi connectivity index (χ1n) is 13.1. The number of rotatable bonds is 5. The van der Waals surface area contributed by atoms with Crippen molar-refractivity contribution in [3.05, 3.63) is 0 Å². The van der Waals surface area contributed by atoms with Crippen molar-refractivity contribution in [3.63, 3.8) is 0 Å². The highest BCUT2D eigenvalue weighted by molar-refractivity contribution is 5.83. The maximum absolute atomic E-state index is 13.5. The topological polar surface area (TPSA) is 85.5 Å². The van der Waals surface area contributed by atoms with Crippen LogP contribution < -0.4 is 21.4 Å². The Morgan fingerprint density at radius 2 is 1.84 bits per heavy atom. The summed E-state index contributed by atoms with van der Waals surface area (Å²) < 4.78 is 0. The van der Waals surface area contributed by atoms with Crippen LogP contribution in [0.2, 0.25) is 0 Å². The minimum absolute atomic E-state index is 0.0114. The van der Waals surface area contributed by atoms with E-state index in [1.54, 1.807) is 0 Å². The molecule has 0 aromatic carbocycles. The van der Waals surface area contributed by atoms with E-state index in [1.807, 2.05) is 0 Å². The number of hydrazine groups is 1. The van der Waals surface area contributed by atoms with Gasteiger partial charge in [0.05, 0.1) is 12.1 Å². The maximum atomic E-state index is 13.5. The van der Waals surface area contributed by atoms with Gasteiger partial charge in [-0.2, -0.15) is 0 Å². The van der Waals surface area contributed by atoms with E-state index < -0.39 is 0 Å². The molecule has 32 heavy (non-hydrogen) atoms. The fourth-order valence-corrected chi connectivity index (χ4v) is 6.78. The Morgan fingerprint density at radius 3 is 2.50 bits per heavy atom. The average Bonchev–Trinajstić information content (AvgIpc) is 3.17. The number of amides is 2. The van der Waals surface area contributed by atoms with E-state index in [0.717, 1.165) is 25.3 Å². The van der Waals surface area contributed by atoms with Gasteiger partial charge in [-0.1, -0.05) is 26.7 Å². The number of carbonyl (C=O) groups is 2. The first kappa shape index (κ1) is 24.0. The van der Waals surface area contributed by atoms with Gasteiger partial charge < -0.3 is 10.6 Å². The molecule has 3 aliphatic heterocycles. The van der Waals surface area contributed by atoms with Crippen LogP contribution >= 0.6 is 0 Å². The molecule has 0 bridgehead atoms. The predicted molar refractivity (Wildman–Crippen MR) is 126 cm³/mol. The summed E-state index contributed by atoms with van der Waals surface area (Å²) in [5.41, 5.74) is 3.56. The third-order valence-corrected chi connectivity index (χ3v) is 8.78. The number of fused-ring (bicyclic) bond motifs is 1. The van der Waals surface area contributed by atoms with Crippen LogP contribution in [0.25, 0.3) is 0 Å². The summed E-state index contributed by atoms with van der Waals surface area (Å²) >= 11 is 0. The van der Waals surface area contributed by atoms with Crippen molar-refractivity contribution in [3.8, 4) is 0 Å². The van der Waals surface area contributed by atoms with Gasteiger partial charge in [0.25, 0.3) is 0 Å². The highest BCUT2D eigenvalue weighted by Crippen LogP contribution is 2.39. The molecule has 3 saturated heterocycles. The van der Waals surface area contributed by atoms with Crippen molar-refractivity contribution in [2.24, 2.45) is 35.5 Å². The van der Waals surface area contributed by atoms with E-state index >= 15 is 0 Å². The average molecular weight is 448 g/mol. The highest BCUT2D eigenvalue weighted by atomic mass is 16.2. The molecule has 7 heteroatoms. The fraction of sp³-hybridized carbons (Fsp3) is 0.920. The van der Waals surface area contributed by atoms with E-state index in [2.05, 4.69) is 61.0 Å². The molecule has 7 unspecified atom stereocenters. The molecule has 4 rings (SSSR count). The van der Waals surface area contributed by atoms with Crippen LogP contribution in [0.5, 0.6) is 0 Å². The lowest BCUT2D eigenvalue weighted by molar-refractivity contribution is -0.132. The molecule has 1 saturated carbocycles. The Kier molecular flexibility index (Phi) is 7.47. The molecule has 4 fully saturated rings. The van der Waals surface area contributed by atoms with Crippen molar-refractivity contribution in [2.45, 2.75) is 97.4 Å². The SMILES string of the molecule is CC1CCC(C2CC(C(=O)NCC3C(=O)NC(C)CC3C)C3CNN(C(C)C)C3N2)CC1. The van der Waals surface area contributed by atoms with E-state index in [9.17, 15) is 9.59 Å². The molecule has 4 N–H and O–H groups in total. The molecule has 3 heterocycles. The van der Waals surface area contributed by atoms with Gasteiger partial charge in [0.15, 0.2) is 0 Å². The van der Waals surface area contributed by atoms with Crippen molar-refractivity contribution in [1.82, 2.24) is 26.4 Å². The molecular formula is C25H45N5O2. The van der Waals surface area contributed by atoms with Crippen molar-refractivity contribution in [1.29, 1.82) is 0 Å². The zero-order chi connectivity index (χ0) is 23.0. The number of hydrogen-bond donors (Lipinski definition) is 4. The van der Waals surface area contributed by atoms with Crippen LogP contribution in [0.3, 0.4) is 0 Å². The monoisotopic (exact) mass is 447 g/mol. The molecule has 0 spiro atoms. The summed E-state index contributed by atoms with van der Waals surface area (Å²) in [6.07, 6.45) is 7.19. The zero-order valence-corrected chi connectivity index (χ0v) is 20.7. The number of carbonyl (C=O) groups excluding carboxylic acids is 2. The fourth-order valence-electron chi connectivity index (χ4n) is 6.78. The van der Waals surface area contributed by atoms with Crippen LogP contribution in [0.1, 0.15) is 73.1 Å². The van der Waals surface area contributed by atoms with Crippen LogP contribution in [-0.4, -0.2) is 54.2 Å². The van der Waals surface area contributed by atoms with Crippen molar-refractivity contribution in [2.75, 3.05) is 13.1 Å². The summed E-state index contributed by atoms with van der Waals surface area (Å²) in [5.74, 6) is 2.12. The zero-order valence-electron chi connectivity index (χ0n) is 20.7. The third kappa shape index (κ3) is 5.00. The Balaban J connectivity index is 1.44. The normalized spacial score (nSPS) is 43.1. The second kappa shape index (κ2) is 9.98. The Hall–Kier alpha value is -1.18. The minimum Gasteiger partial charge on any atom is -0.355 e. The van der Waals surface area contributed by atoms with E-state index in [-0.39, 0.29) is 41.8 Å². The van der Waals surface area contributed by atoms with E-state index in [4.69, 9.17) is 0 Å². The maximum Gasteiger partial charge on any atom is 0.225 e. The first-order valence-corrected chi connectivity index (χ1v) is 13.1. The molecule has 0 radical (unpaired) electrons. The largest absolute Gasteiger partial charge is 0.355 e. The summed E-state index contributed by atoms with van der Waals surface area (Å²) in [6, 6.07) is 0.985. The molecule has 7 atom stereocenters. The second-order valence-electron chi connectivity index (χ2n) is 11.6. The number of nitrogens with zero attached hydrogens (tertiary/aromatic N) is 1. The number of piperidine rings is 2. The summed E-state index contributed by atoms with van der Waals surface area (Å²) in [7, 11) is 0. The number of nitrogens with one attached hydrogen (secondary N) is 4. The molecule has 2 amide bonds. The van der Waals surface area contributed by atoms with Gasteiger partial charge in [0.1, 0.15) is 0 Å². The summed E-state index contributed by atoms with van der Waals surface area (Å²) in [6.45, 7) is 12.3. The molecule has 0 aromatic rings. The lowest BCUT2D eigenvalue weighted by Crippen LogP contribution is -2.62. The standard InChI is InChI=1S/C25H45N5O2/c1-14(2)30-23-21(13-27-30)19(11-22(29-23)18-8-6-15(3)7-9-18)24(31)26-12-20-16(4)10-17(5)28-25(20)32/h14-23,27,29H,6-13H2,1-5H3,(H,26,31)(H,28,32). The smallest absolute Gasteiger partial charge is 0.225 e. The molecule has 0 aromatic heterocycles. The van der Waals surface area contributed by atoms with Crippen LogP contribution in [-0.2, 0) is 9.59 Å². The van der Waals surface area contributed by atoms with E-state index in [1.165, 1.54) is 25.7 Å². The summed E-state index contributed by atoms with van der Waals surface area (Å²) in [4.78, 5) is 26.0. The molecule has 182 valence electrons. The molecular weight excluding hydrogens is 402 g/mol. The highest BCUT2D eigenvalue weighted by Gasteiger charge is 2.49. The first-order chi connectivity index (χ1) is 15.2. The Morgan fingerprint density at radius 1 is 1.12 bits per heavy atom. The van der Waals surface area contributed by atoms with Gasteiger partial charge in [0, 0.05) is 43.1 Å². The van der Waals surface area contributed by atoms with Crippen molar-refractivity contribution >= 4 is 11.8 Å². The Labute approximate surface area is 194 Å². The van der Waals surface area contributed by atoms with E-state index in [0.29, 0.717) is 30.5 Å². The second-order valence-corrected chi connectivity index (χ2v) is 11.6. The van der Waals surface area contributed by atoms with Gasteiger partial charge >= 0.3 is 0 Å². The third-order valence-electron chi connectivity index (χ3n) is 8.78. The van der Waals surface area contributed by atoms with Crippen molar-refractivity contribution < 1.29 is 9.59 Å². The van der Waals surface area contributed by atoms with Crippen LogP contribution in [0.4, 0.5) is 0 Å². The van der Waals surface area contributed by atoms with Gasteiger partial charge in [-0.25, -0.2) is 5.01 Å². The van der Waals surface area contributed by atoms with Crippen LogP contribution in [0.15, 0.2) is 0 Å². The van der Waals surface area contributed by atoms with Gasteiger partial charge in [-0.3, -0.25) is 20.3 Å². The molecule has 4 aliphatic rings. The predicted octanol–water partition coefficient (Wildman–Crippen LogP) is 2.24. The molecule has 1 aliphatic carbocycles. The van der Waals surface area contributed by atoms with Gasteiger partial charge in [0.2, 0.25) is 11.8 Å². The molecule has 7 nitrogen and oxygen atoms in total.